The van der Waals surface area contributed by atoms with Gasteiger partial charge in [0.1, 0.15) is 17.9 Å². The Labute approximate surface area is 180 Å². The first-order chi connectivity index (χ1) is 14.0. The molecule has 3 aromatic carbocycles. The summed E-state index contributed by atoms with van der Waals surface area (Å²) < 4.78 is 7.05. The van der Waals surface area contributed by atoms with E-state index in [1.54, 1.807) is 6.08 Å². The number of fused-ring (bicyclic) bond motifs is 1. The molecule has 0 aliphatic carbocycles. The Bertz CT molecular complexity index is 1150. The second kappa shape index (κ2) is 8.14. The quantitative estimate of drug-likeness (QED) is 0.345. The molecule has 0 atom stereocenters. The van der Waals surface area contributed by atoms with Crippen LogP contribution in [0.2, 0.25) is 0 Å². The Kier molecular flexibility index (Phi) is 5.42. The molecule has 1 saturated heterocycles. The first-order valence-corrected chi connectivity index (χ1v) is 9.99. The van der Waals surface area contributed by atoms with Gasteiger partial charge in [0, 0.05) is 10.0 Å². The van der Waals surface area contributed by atoms with Crippen molar-refractivity contribution in [2.24, 2.45) is 0 Å². The van der Waals surface area contributed by atoms with Crippen LogP contribution in [0.25, 0.3) is 16.8 Å². The minimum Gasteiger partial charge on any atom is -0.488 e. The van der Waals surface area contributed by atoms with Crippen molar-refractivity contribution in [3.05, 3.63) is 81.8 Å². The van der Waals surface area contributed by atoms with Crippen LogP contribution in [0.5, 0.6) is 5.75 Å². The zero-order chi connectivity index (χ0) is 20.4. The van der Waals surface area contributed by atoms with E-state index in [4.69, 9.17) is 17.0 Å². The van der Waals surface area contributed by atoms with E-state index in [2.05, 4.69) is 26.6 Å². The predicted octanol–water partition coefficient (Wildman–Crippen LogP) is 4.10. The highest BCUT2D eigenvalue weighted by atomic mass is 79.9. The van der Waals surface area contributed by atoms with E-state index in [0.29, 0.717) is 17.9 Å². The van der Waals surface area contributed by atoms with Crippen LogP contribution in [-0.2, 0) is 16.2 Å². The lowest BCUT2D eigenvalue weighted by Gasteiger charge is -2.18. The largest absolute Gasteiger partial charge is 0.488 e. The molecule has 1 aliphatic heterocycles. The predicted molar refractivity (Wildman–Crippen MR) is 119 cm³/mol. The summed E-state index contributed by atoms with van der Waals surface area (Å²) in [4.78, 5) is 24.6. The number of hydrogen-bond acceptors (Lipinski definition) is 4. The molecule has 144 valence electrons. The maximum absolute atomic E-state index is 12.3. The molecule has 29 heavy (non-hydrogen) atoms. The number of thiocarbonyl (C=S) groups is 1. The van der Waals surface area contributed by atoms with Gasteiger partial charge in [-0.25, -0.2) is 0 Å². The number of carbonyl (C=O) groups excluding carboxylic acids is 2. The maximum atomic E-state index is 12.3. The van der Waals surface area contributed by atoms with Gasteiger partial charge in [-0.1, -0.05) is 58.4 Å². The third-order valence-corrected chi connectivity index (χ3v) is 5.20. The lowest BCUT2D eigenvalue weighted by Crippen LogP contribution is -2.51. The average Bonchev–Trinajstić information content (AvgIpc) is 2.70. The number of nitrogens with one attached hydrogen (secondary N) is 2. The molecule has 2 N–H and O–H groups in total. The summed E-state index contributed by atoms with van der Waals surface area (Å²) >= 11 is 8.28. The third kappa shape index (κ3) is 4.21. The smallest absolute Gasteiger partial charge is 0.263 e. The molecule has 5 nitrogen and oxygen atoms in total. The molecule has 0 spiro atoms. The second-order valence-electron chi connectivity index (χ2n) is 6.41. The molecule has 1 fully saturated rings. The average molecular weight is 467 g/mol. The van der Waals surface area contributed by atoms with E-state index in [-0.39, 0.29) is 10.7 Å². The molecule has 2 amide bonds. The first kappa shape index (κ1) is 19.3. The number of rotatable bonds is 4. The molecular weight excluding hydrogens is 452 g/mol. The lowest BCUT2D eigenvalue weighted by molar-refractivity contribution is -0.123. The Balaban J connectivity index is 1.76. The van der Waals surface area contributed by atoms with Crippen molar-refractivity contribution in [1.29, 1.82) is 0 Å². The van der Waals surface area contributed by atoms with Gasteiger partial charge in [0.25, 0.3) is 11.8 Å². The van der Waals surface area contributed by atoms with Crippen molar-refractivity contribution >= 4 is 61.9 Å². The number of amides is 2. The highest BCUT2D eigenvalue weighted by Gasteiger charge is 2.26. The van der Waals surface area contributed by atoms with Crippen molar-refractivity contribution in [1.82, 2.24) is 10.6 Å². The maximum Gasteiger partial charge on any atom is 0.263 e. The van der Waals surface area contributed by atoms with E-state index in [9.17, 15) is 9.59 Å². The van der Waals surface area contributed by atoms with Crippen molar-refractivity contribution in [2.45, 2.75) is 6.61 Å². The fourth-order valence-electron chi connectivity index (χ4n) is 3.04. The van der Waals surface area contributed by atoms with E-state index in [1.165, 1.54) is 0 Å². The second-order valence-corrected chi connectivity index (χ2v) is 7.73. The zero-order valence-electron chi connectivity index (χ0n) is 15.1. The molecule has 0 radical (unpaired) electrons. The van der Waals surface area contributed by atoms with Gasteiger partial charge >= 0.3 is 0 Å². The molecule has 3 aromatic rings. The van der Waals surface area contributed by atoms with Gasteiger partial charge in [0.2, 0.25) is 0 Å². The molecular formula is C22H15BrN2O3S. The fourth-order valence-corrected chi connectivity index (χ4v) is 3.49. The molecule has 0 unspecified atom stereocenters. The Morgan fingerprint density at radius 3 is 2.34 bits per heavy atom. The van der Waals surface area contributed by atoms with Crippen molar-refractivity contribution in [3.63, 3.8) is 0 Å². The fraction of sp³-hybridized carbons (Fsp3) is 0.0455. The van der Waals surface area contributed by atoms with E-state index < -0.39 is 11.8 Å². The van der Waals surface area contributed by atoms with Gasteiger partial charge in [-0.3, -0.25) is 20.2 Å². The number of ether oxygens (including phenoxy) is 1. The van der Waals surface area contributed by atoms with E-state index in [1.807, 2.05) is 60.7 Å². The number of carbonyl (C=O) groups is 2. The normalized spacial score (nSPS) is 13.8. The zero-order valence-corrected chi connectivity index (χ0v) is 17.5. The van der Waals surface area contributed by atoms with Crippen LogP contribution in [0.15, 0.2) is 70.7 Å². The lowest BCUT2D eigenvalue weighted by atomic mass is 10.00. The van der Waals surface area contributed by atoms with Gasteiger partial charge in [-0.2, -0.15) is 0 Å². The number of benzene rings is 3. The molecule has 0 bridgehead atoms. The van der Waals surface area contributed by atoms with Gasteiger partial charge in [-0.15, -0.1) is 0 Å². The summed E-state index contributed by atoms with van der Waals surface area (Å²) in [6, 6.07) is 19.3. The summed E-state index contributed by atoms with van der Waals surface area (Å²) in [6.07, 6.45) is 1.55. The van der Waals surface area contributed by atoms with E-state index in [0.717, 1.165) is 20.8 Å². The molecule has 7 heteroatoms. The minimum absolute atomic E-state index is 0.00165. The third-order valence-electron chi connectivity index (χ3n) is 4.47. The number of halogens is 1. The van der Waals surface area contributed by atoms with Crippen LogP contribution in [0, 0.1) is 0 Å². The summed E-state index contributed by atoms with van der Waals surface area (Å²) in [5, 5.41) is 6.77. The topological polar surface area (TPSA) is 67.4 Å². The molecule has 4 rings (SSSR count). The summed E-state index contributed by atoms with van der Waals surface area (Å²) in [7, 11) is 0. The first-order valence-electron chi connectivity index (χ1n) is 8.78. The van der Waals surface area contributed by atoms with Crippen molar-refractivity contribution < 1.29 is 14.3 Å². The van der Waals surface area contributed by atoms with Crippen molar-refractivity contribution in [3.8, 4) is 5.75 Å². The van der Waals surface area contributed by atoms with Crippen LogP contribution in [0.4, 0.5) is 0 Å². The highest BCUT2D eigenvalue weighted by molar-refractivity contribution is 9.10. The summed E-state index contributed by atoms with van der Waals surface area (Å²) in [6.45, 7) is 0.351. The highest BCUT2D eigenvalue weighted by Crippen LogP contribution is 2.31. The molecule has 1 aliphatic rings. The monoisotopic (exact) mass is 466 g/mol. The van der Waals surface area contributed by atoms with Crippen LogP contribution in [-0.4, -0.2) is 16.9 Å². The Hall–Kier alpha value is -3.03. The summed E-state index contributed by atoms with van der Waals surface area (Å²) in [5.41, 5.74) is 1.63. The number of hydrogen-bond donors (Lipinski definition) is 2. The van der Waals surface area contributed by atoms with Crippen LogP contribution in [0.1, 0.15) is 11.1 Å². The molecule has 1 heterocycles. The molecule has 0 saturated carbocycles. The van der Waals surface area contributed by atoms with Crippen LogP contribution in [0.3, 0.4) is 0 Å². The summed E-state index contributed by atoms with van der Waals surface area (Å²) in [5.74, 6) is -0.496. The van der Waals surface area contributed by atoms with Crippen LogP contribution < -0.4 is 15.4 Å². The van der Waals surface area contributed by atoms with Crippen LogP contribution >= 0.6 is 28.1 Å². The Morgan fingerprint density at radius 2 is 1.62 bits per heavy atom. The van der Waals surface area contributed by atoms with Gasteiger partial charge < -0.3 is 4.74 Å². The molecule has 0 aromatic heterocycles. The Morgan fingerprint density at radius 1 is 0.931 bits per heavy atom. The van der Waals surface area contributed by atoms with Gasteiger partial charge in [-0.05, 0) is 52.8 Å². The van der Waals surface area contributed by atoms with Gasteiger partial charge in [0.05, 0.1) is 0 Å². The van der Waals surface area contributed by atoms with Crippen molar-refractivity contribution in [2.75, 3.05) is 0 Å². The van der Waals surface area contributed by atoms with Gasteiger partial charge in [0.15, 0.2) is 5.11 Å². The standard InChI is InChI=1S/C22H15BrN2O3S/c23-15-8-5-13(6-9-15)12-28-19-10-7-14-3-1-2-4-16(14)17(19)11-18-20(26)24-22(29)25-21(18)27/h1-11H,12H2,(H2,24,25,26,27,29). The van der Waals surface area contributed by atoms with E-state index >= 15 is 0 Å². The minimum atomic E-state index is -0.537. The SMILES string of the molecule is O=C1NC(=S)NC(=O)C1=Cc1c(OCc2ccc(Br)cc2)ccc2ccccc12.